The molecule has 13 heavy (non-hydrogen) atoms. The van der Waals surface area contributed by atoms with Gasteiger partial charge in [-0.25, -0.2) is 0 Å². The Morgan fingerprint density at radius 3 is 2.38 bits per heavy atom. The lowest BCUT2D eigenvalue weighted by Crippen LogP contribution is -2.21. The van der Waals surface area contributed by atoms with Crippen molar-refractivity contribution in [2.45, 2.75) is 13.1 Å². The van der Waals surface area contributed by atoms with Crippen molar-refractivity contribution in [3.8, 4) is 5.75 Å². The molecular formula is C7H6F3NO2. The number of rotatable bonds is 0. The molecule has 1 aromatic rings. The van der Waals surface area contributed by atoms with Crippen molar-refractivity contribution in [3.05, 3.63) is 27.7 Å². The Balaban J connectivity index is 3.47. The van der Waals surface area contributed by atoms with Gasteiger partial charge in [0.25, 0.3) is 5.56 Å². The largest absolute Gasteiger partial charge is 0.507 e. The highest BCUT2D eigenvalue weighted by atomic mass is 19.4. The number of aromatic nitrogens is 1. The second-order valence-electron chi connectivity index (χ2n) is 2.54. The van der Waals surface area contributed by atoms with Crippen molar-refractivity contribution in [1.29, 1.82) is 0 Å². The minimum Gasteiger partial charge on any atom is -0.507 e. The van der Waals surface area contributed by atoms with Crippen molar-refractivity contribution in [2.24, 2.45) is 0 Å². The van der Waals surface area contributed by atoms with Crippen LogP contribution in [0.5, 0.6) is 5.75 Å². The molecule has 0 radical (unpaired) electrons. The van der Waals surface area contributed by atoms with Crippen molar-refractivity contribution in [1.82, 2.24) is 4.98 Å². The van der Waals surface area contributed by atoms with Gasteiger partial charge in [-0.15, -0.1) is 0 Å². The number of nitrogens with one attached hydrogen (secondary N) is 1. The molecule has 6 heteroatoms. The van der Waals surface area contributed by atoms with Crippen LogP contribution < -0.4 is 5.56 Å². The fourth-order valence-corrected chi connectivity index (χ4v) is 0.945. The van der Waals surface area contributed by atoms with Crippen LogP contribution in [0.1, 0.15) is 11.3 Å². The third kappa shape index (κ3) is 1.82. The Hall–Kier alpha value is -1.46. The average Bonchev–Trinajstić information content (AvgIpc) is 1.78. The first-order valence-electron chi connectivity index (χ1n) is 3.32. The highest BCUT2D eigenvalue weighted by Crippen LogP contribution is 2.32. The van der Waals surface area contributed by atoms with Crippen LogP contribution in [0.4, 0.5) is 13.2 Å². The fourth-order valence-electron chi connectivity index (χ4n) is 0.945. The van der Waals surface area contributed by atoms with Crippen LogP contribution in [-0.2, 0) is 6.18 Å². The van der Waals surface area contributed by atoms with E-state index in [4.69, 9.17) is 5.11 Å². The van der Waals surface area contributed by atoms with Crippen molar-refractivity contribution >= 4 is 0 Å². The van der Waals surface area contributed by atoms with Gasteiger partial charge in [-0.2, -0.15) is 13.2 Å². The topological polar surface area (TPSA) is 53.1 Å². The maximum Gasteiger partial charge on any atom is 0.425 e. The van der Waals surface area contributed by atoms with E-state index in [-0.39, 0.29) is 5.69 Å². The summed E-state index contributed by atoms with van der Waals surface area (Å²) in [6.45, 7) is 1.38. The third-order valence-corrected chi connectivity index (χ3v) is 1.43. The molecule has 0 atom stereocenters. The molecule has 0 aliphatic carbocycles. The molecule has 1 heterocycles. The Morgan fingerprint density at radius 2 is 2.00 bits per heavy atom. The van der Waals surface area contributed by atoms with Crippen LogP contribution in [0.3, 0.4) is 0 Å². The summed E-state index contributed by atoms with van der Waals surface area (Å²) in [6, 6.07) is 0.851. The summed E-state index contributed by atoms with van der Waals surface area (Å²) < 4.78 is 36.2. The summed E-state index contributed by atoms with van der Waals surface area (Å²) in [4.78, 5) is 12.7. The molecule has 0 spiro atoms. The molecule has 1 aromatic heterocycles. The number of pyridine rings is 1. The Kier molecular flexibility index (Phi) is 2.07. The molecule has 0 aliphatic rings. The Labute approximate surface area is 70.8 Å². The van der Waals surface area contributed by atoms with Crippen LogP contribution in [0.25, 0.3) is 0 Å². The minimum atomic E-state index is -4.83. The summed E-state index contributed by atoms with van der Waals surface area (Å²) >= 11 is 0. The SMILES string of the molecule is Cc1cc(O)c(C(F)(F)F)c(=O)[nH]1. The van der Waals surface area contributed by atoms with E-state index in [0.717, 1.165) is 6.07 Å². The zero-order chi connectivity index (χ0) is 10.2. The predicted molar refractivity (Wildman–Crippen MR) is 38.5 cm³/mol. The first kappa shape index (κ1) is 9.63. The number of aryl methyl sites for hydroxylation is 1. The predicted octanol–water partition coefficient (Wildman–Crippen LogP) is 1.41. The van der Waals surface area contributed by atoms with Gasteiger partial charge in [0.15, 0.2) is 5.56 Å². The Bertz CT molecular complexity index is 380. The van der Waals surface area contributed by atoms with Gasteiger partial charge in [0.05, 0.1) is 0 Å². The van der Waals surface area contributed by atoms with E-state index in [0.29, 0.717) is 0 Å². The number of aromatic amines is 1. The van der Waals surface area contributed by atoms with Crippen LogP contribution in [0.15, 0.2) is 10.9 Å². The number of aromatic hydroxyl groups is 1. The lowest BCUT2D eigenvalue weighted by molar-refractivity contribution is -0.139. The lowest BCUT2D eigenvalue weighted by Gasteiger charge is -2.07. The van der Waals surface area contributed by atoms with Gasteiger partial charge in [-0.3, -0.25) is 4.79 Å². The monoisotopic (exact) mass is 193 g/mol. The first-order valence-corrected chi connectivity index (χ1v) is 3.32. The van der Waals surface area contributed by atoms with E-state index < -0.39 is 23.0 Å². The normalized spacial score (nSPS) is 11.7. The molecule has 0 aromatic carbocycles. The molecule has 72 valence electrons. The molecule has 0 saturated carbocycles. The standard InChI is InChI=1S/C7H6F3NO2/c1-3-2-4(12)5(6(13)11-3)7(8,9)10/h2H,1H3,(H2,11,12,13). The maximum absolute atomic E-state index is 12.1. The fraction of sp³-hybridized carbons (Fsp3) is 0.286. The van der Waals surface area contributed by atoms with Gasteiger partial charge in [0.2, 0.25) is 0 Å². The van der Waals surface area contributed by atoms with E-state index in [9.17, 15) is 18.0 Å². The minimum absolute atomic E-state index is 0.176. The zero-order valence-corrected chi connectivity index (χ0v) is 6.57. The van der Waals surface area contributed by atoms with Gasteiger partial charge in [0, 0.05) is 5.69 Å². The molecule has 2 N–H and O–H groups in total. The molecule has 0 unspecified atom stereocenters. The smallest absolute Gasteiger partial charge is 0.425 e. The number of hydrogen-bond acceptors (Lipinski definition) is 2. The van der Waals surface area contributed by atoms with E-state index in [1.165, 1.54) is 6.92 Å². The van der Waals surface area contributed by atoms with Gasteiger partial charge in [0.1, 0.15) is 5.75 Å². The number of alkyl halides is 3. The second-order valence-corrected chi connectivity index (χ2v) is 2.54. The van der Waals surface area contributed by atoms with E-state index >= 15 is 0 Å². The van der Waals surface area contributed by atoms with Crippen molar-refractivity contribution in [3.63, 3.8) is 0 Å². The lowest BCUT2D eigenvalue weighted by atomic mass is 10.2. The highest BCUT2D eigenvalue weighted by molar-refractivity contribution is 5.33. The molecule has 0 bridgehead atoms. The molecule has 0 saturated heterocycles. The highest BCUT2D eigenvalue weighted by Gasteiger charge is 2.37. The quantitative estimate of drug-likeness (QED) is 0.654. The summed E-state index contributed by atoms with van der Waals surface area (Å²) in [5, 5.41) is 8.87. The summed E-state index contributed by atoms with van der Waals surface area (Å²) in [6.07, 6.45) is -4.83. The van der Waals surface area contributed by atoms with Gasteiger partial charge >= 0.3 is 6.18 Å². The van der Waals surface area contributed by atoms with Crippen LogP contribution in [-0.4, -0.2) is 10.1 Å². The van der Waals surface area contributed by atoms with E-state index in [1.807, 2.05) is 4.98 Å². The summed E-state index contributed by atoms with van der Waals surface area (Å²) in [5.74, 6) is -1.05. The molecule has 3 nitrogen and oxygen atoms in total. The molecule has 1 rings (SSSR count). The molecular weight excluding hydrogens is 187 g/mol. The van der Waals surface area contributed by atoms with Crippen molar-refractivity contribution in [2.75, 3.05) is 0 Å². The number of H-pyrrole nitrogens is 1. The molecule has 0 amide bonds. The van der Waals surface area contributed by atoms with Gasteiger partial charge in [-0.05, 0) is 13.0 Å². The first-order chi connectivity index (χ1) is 5.82. The van der Waals surface area contributed by atoms with Crippen LogP contribution in [0, 0.1) is 6.92 Å². The maximum atomic E-state index is 12.1. The number of halogens is 3. The third-order valence-electron chi connectivity index (χ3n) is 1.43. The van der Waals surface area contributed by atoms with Gasteiger partial charge in [-0.1, -0.05) is 0 Å². The summed E-state index contributed by atoms with van der Waals surface area (Å²) in [5.41, 5.74) is -2.71. The molecule has 0 fully saturated rings. The number of hydrogen-bond donors (Lipinski definition) is 2. The Morgan fingerprint density at radius 1 is 1.46 bits per heavy atom. The molecule has 0 aliphatic heterocycles. The van der Waals surface area contributed by atoms with E-state index in [1.54, 1.807) is 0 Å². The summed E-state index contributed by atoms with van der Waals surface area (Å²) in [7, 11) is 0. The zero-order valence-electron chi connectivity index (χ0n) is 6.57. The van der Waals surface area contributed by atoms with Gasteiger partial charge < -0.3 is 10.1 Å². The van der Waals surface area contributed by atoms with Crippen molar-refractivity contribution < 1.29 is 18.3 Å². The van der Waals surface area contributed by atoms with Crippen LogP contribution >= 0.6 is 0 Å². The second kappa shape index (κ2) is 2.79. The van der Waals surface area contributed by atoms with E-state index in [2.05, 4.69) is 0 Å². The van der Waals surface area contributed by atoms with Crippen LogP contribution in [0.2, 0.25) is 0 Å². The average molecular weight is 193 g/mol.